The SMILES string of the molecule is COC1(c2ncc(CNC3CC3)cn2)CCC(C)CC1. The molecule has 0 amide bonds. The van der Waals surface area contributed by atoms with E-state index in [0.717, 1.165) is 42.7 Å². The maximum Gasteiger partial charge on any atom is 0.160 e. The van der Waals surface area contributed by atoms with Crippen molar-refractivity contribution in [2.45, 2.75) is 63.6 Å². The van der Waals surface area contributed by atoms with E-state index in [2.05, 4.69) is 22.2 Å². The lowest BCUT2D eigenvalue weighted by Crippen LogP contribution is -2.35. The summed E-state index contributed by atoms with van der Waals surface area (Å²) in [7, 11) is 1.79. The Morgan fingerprint density at radius 2 is 1.85 bits per heavy atom. The van der Waals surface area contributed by atoms with Gasteiger partial charge in [-0.2, -0.15) is 0 Å². The number of hydrogen-bond acceptors (Lipinski definition) is 4. The first-order chi connectivity index (χ1) is 9.72. The molecule has 20 heavy (non-hydrogen) atoms. The molecule has 110 valence electrons. The van der Waals surface area contributed by atoms with Crippen LogP contribution in [0.15, 0.2) is 12.4 Å². The molecule has 1 heterocycles. The third-order valence-electron chi connectivity index (χ3n) is 4.76. The Balaban J connectivity index is 1.68. The molecule has 4 heteroatoms. The van der Waals surface area contributed by atoms with Crippen molar-refractivity contribution in [3.05, 3.63) is 23.8 Å². The molecule has 0 radical (unpaired) electrons. The fourth-order valence-electron chi connectivity index (χ4n) is 2.98. The van der Waals surface area contributed by atoms with Crippen molar-refractivity contribution in [1.29, 1.82) is 0 Å². The standard InChI is InChI=1S/C16H25N3O/c1-12-5-7-16(20-2,8-6-12)15-18-10-13(11-19-15)9-17-14-3-4-14/h10-12,14,17H,3-9H2,1-2H3. The Hall–Kier alpha value is -1.00. The fourth-order valence-corrected chi connectivity index (χ4v) is 2.98. The van der Waals surface area contributed by atoms with Crippen LogP contribution in [0.25, 0.3) is 0 Å². The average Bonchev–Trinajstić information content (AvgIpc) is 3.31. The van der Waals surface area contributed by atoms with Crippen molar-refractivity contribution in [1.82, 2.24) is 15.3 Å². The maximum absolute atomic E-state index is 5.82. The first-order valence-electron chi connectivity index (χ1n) is 7.82. The Bertz CT molecular complexity index is 434. The summed E-state index contributed by atoms with van der Waals surface area (Å²) in [5.41, 5.74) is 0.908. The summed E-state index contributed by atoms with van der Waals surface area (Å²) in [5.74, 6) is 1.65. The van der Waals surface area contributed by atoms with Gasteiger partial charge in [-0.05, 0) is 44.4 Å². The predicted molar refractivity (Wildman–Crippen MR) is 78.2 cm³/mol. The van der Waals surface area contributed by atoms with Gasteiger partial charge in [0.05, 0.1) is 0 Å². The number of ether oxygens (including phenoxy) is 1. The first kappa shape index (κ1) is 14.0. The van der Waals surface area contributed by atoms with Crippen LogP contribution in [0.1, 0.15) is 56.8 Å². The van der Waals surface area contributed by atoms with Gasteiger partial charge >= 0.3 is 0 Å². The van der Waals surface area contributed by atoms with Gasteiger partial charge in [0.1, 0.15) is 5.60 Å². The molecule has 2 aliphatic carbocycles. The summed E-state index contributed by atoms with van der Waals surface area (Å²) in [6.45, 7) is 3.19. The molecular formula is C16H25N3O. The lowest BCUT2D eigenvalue weighted by atomic mass is 9.79. The molecule has 1 aromatic rings. The van der Waals surface area contributed by atoms with Crippen molar-refractivity contribution in [3.63, 3.8) is 0 Å². The molecular weight excluding hydrogens is 250 g/mol. The van der Waals surface area contributed by atoms with E-state index < -0.39 is 0 Å². The number of nitrogens with one attached hydrogen (secondary N) is 1. The molecule has 2 saturated carbocycles. The highest BCUT2D eigenvalue weighted by Gasteiger charge is 2.38. The Morgan fingerprint density at radius 3 is 2.40 bits per heavy atom. The summed E-state index contributed by atoms with van der Waals surface area (Å²) in [6.07, 6.45) is 11.0. The van der Waals surface area contributed by atoms with Crippen LogP contribution < -0.4 is 5.32 Å². The molecule has 0 unspecified atom stereocenters. The van der Waals surface area contributed by atoms with Gasteiger partial charge in [-0.1, -0.05) is 6.92 Å². The van der Waals surface area contributed by atoms with Gasteiger partial charge in [0.15, 0.2) is 5.82 Å². The van der Waals surface area contributed by atoms with E-state index in [1.54, 1.807) is 7.11 Å². The predicted octanol–water partition coefficient (Wildman–Crippen LogP) is 2.78. The van der Waals surface area contributed by atoms with Crippen molar-refractivity contribution in [2.24, 2.45) is 5.92 Å². The van der Waals surface area contributed by atoms with Gasteiger partial charge in [0, 0.05) is 37.7 Å². The summed E-state index contributed by atoms with van der Waals surface area (Å²) in [5, 5.41) is 3.49. The zero-order valence-electron chi connectivity index (χ0n) is 12.6. The lowest BCUT2D eigenvalue weighted by Gasteiger charge is -2.36. The minimum Gasteiger partial charge on any atom is -0.370 e. The second-order valence-corrected chi connectivity index (χ2v) is 6.45. The van der Waals surface area contributed by atoms with Crippen LogP contribution in [0.2, 0.25) is 0 Å². The number of nitrogens with zero attached hydrogens (tertiary/aromatic N) is 2. The third kappa shape index (κ3) is 3.01. The molecule has 0 spiro atoms. The van der Waals surface area contributed by atoms with Gasteiger partial charge in [0.25, 0.3) is 0 Å². The number of hydrogen-bond donors (Lipinski definition) is 1. The number of aromatic nitrogens is 2. The van der Waals surface area contributed by atoms with E-state index in [9.17, 15) is 0 Å². The van der Waals surface area contributed by atoms with E-state index in [0.29, 0.717) is 0 Å². The summed E-state index contributed by atoms with van der Waals surface area (Å²) in [6, 6.07) is 0.722. The summed E-state index contributed by atoms with van der Waals surface area (Å²) < 4.78 is 5.82. The topological polar surface area (TPSA) is 47.0 Å². The molecule has 0 aliphatic heterocycles. The Morgan fingerprint density at radius 1 is 1.20 bits per heavy atom. The normalized spacial score (nSPS) is 30.4. The first-order valence-corrected chi connectivity index (χ1v) is 7.82. The van der Waals surface area contributed by atoms with Crippen LogP contribution in [0, 0.1) is 5.92 Å². The van der Waals surface area contributed by atoms with E-state index in [4.69, 9.17) is 4.74 Å². The molecule has 2 aliphatic rings. The summed E-state index contributed by atoms with van der Waals surface area (Å²) >= 11 is 0. The third-order valence-corrected chi connectivity index (χ3v) is 4.76. The van der Waals surface area contributed by atoms with Crippen molar-refractivity contribution in [3.8, 4) is 0 Å². The smallest absolute Gasteiger partial charge is 0.160 e. The van der Waals surface area contributed by atoms with Gasteiger partial charge in [-0.25, -0.2) is 9.97 Å². The summed E-state index contributed by atoms with van der Waals surface area (Å²) in [4.78, 5) is 9.19. The van der Waals surface area contributed by atoms with Crippen LogP contribution >= 0.6 is 0 Å². The molecule has 4 nitrogen and oxygen atoms in total. The van der Waals surface area contributed by atoms with E-state index in [1.807, 2.05) is 12.4 Å². The molecule has 2 fully saturated rings. The second kappa shape index (κ2) is 5.78. The minimum atomic E-state index is -0.255. The number of rotatable bonds is 5. The highest BCUT2D eigenvalue weighted by Crippen LogP contribution is 2.40. The molecule has 0 bridgehead atoms. The van der Waals surface area contributed by atoms with Crippen molar-refractivity contribution >= 4 is 0 Å². The second-order valence-electron chi connectivity index (χ2n) is 6.45. The Labute approximate surface area is 121 Å². The zero-order chi connectivity index (χ0) is 14.0. The maximum atomic E-state index is 5.82. The molecule has 0 saturated heterocycles. The quantitative estimate of drug-likeness (QED) is 0.897. The molecule has 1 N–H and O–H groups in total. The van der Waals surface area contributed by atoms with Gasteiger partial charge in [-0.3, -0.25) is 0 Å². The minimum absolute atomic E-state index is 0.255. The number of methoxy groups -OCH3 is 1. The Kier molecular flexibility index (Phi) is 4.03. The van der Waals surface area contributed by atoms with Crippen molar-refractivity contribution in [2.75, 3.05) is 7.11 Å². The fraction of sp³-hybridized carbons (Fsp3) is 0.750. The average molecular weight is 275 g/mol. The molecule has 0 atom stereocenters. The van der Waals surface area contributed by atoms with Gasteiger partial charge in [0.2, 0.25) is 0 Å². The van der Waals surface area contributed by atoms with Crippen LogP contribution in [-0.4, -0.2) is 23.1 Å². The van der Waals surface area contributed by atoms with Gasteiger partial charge in [-0.15, -0.1) is 0 Å². The zero-order valence-corrected chi connectivity index (χ0v) is 12.6. The van der Waals surface area contributed by atoms with Crippen LogP contribution in [0.5, 0.6) is 0 Å². The monoisotopic (exact) mass is 275 g/mol. The van der Waals surface area contributed by atoms with Crippen molar-refractivity contribution < 1.29 is 4.74 Å². The van der Waals surface area contributed by atoms with Gasteiger partial charge < -0.3 is 10.1 Å². The van der Waals surface area contributed by atoms with Crippen LogP contribution in [0.3, 0.4) is 0 Å². The highest BCUT2D eigenvalue weighted by molar-refractivity contribution is 5.11. The van der Waals surface area contributed by atoms with E-state index >= 15 is 0 Å². The van der Waals surface area contributed by atoms with E-state index in [1.165, 1.54) is 25.7 Å². The highest BCUT2D eigenvalue weighted by atomic mass is 16.5. The molecule has 0 aromatic carbocycles. The molecule has 3 rings (SSSR count). The van der Waals surface area contributed by atoms with Crippen LogP contribution in [0.4, 0.5) is 0 Å². The van der Waals surface area contributed by atoms with Crippen LogP contribution in [-0.2, 0) is 16.9 Å². The van der Waals surface area contributed by atoms with E-state index in [-0.39, 0.29) is 5.60 Å². The lowest BCUT2D eigenvalue weighted by molar-refractivity contribution is -0.0597. The molecule has 1 aromatic heterocycles. The largest absolute Gasteiger partial charge is 0.370 e.